The molecule has 0 saturated heterocycles. The Labute approximate surface area is 102 Å². The van der Waals surface area contributed by atoms with Crippen LogP contribution in [0.2, 0.25) is 0 Å². The molecule has 0 aromatic heterocycles. The molecule has 0 aliphatic carbocycles. The van der Waals surface area contributed by atoms with Crippen LogP contribution < -0.4 is 5.73 Å². The van der Waals surface area contributed by atoms with Gasteiger partial charge in [-0.15, -0.1) is 0 Å². The number of carboxylic acids is 1. The summed E-state index contributed by atoms with van der Waals surface area (Å²) >= 11 is 0. The van der Waals surface area contributed by atoms with Gasteiger partial charge in [0.25, 0.3) is 0 Å². The van der Waals surface area contributed by atoms with Gasteiger partial charge in [0, 0.05) is 5.69 Å². The Morgan fingerprint density at radius 2 is 1.53 bits per heavy atom. The van der Waals surface area contributed by atoms with Crippen LogP contribution in [0, 0.1) is 0 Å². The van der Waals surface area contributed by atoms with Crippen LogP contribution in [0.4, 0.5) is 32.0 Å². The fraction of sp³-hybridized carbons (Fsp3) is 0.300. The van der Waals surface area contributed by atoms with Crippen molar-refractivity contribution < 1.29 is 36.2 Å². The second-order valence-corrected chi connectivity index (χ2v) is 3.71. The molecule has 0 radical (unpaired) electrons. The van der Waals surface area contributed by atoms with E-state index in [1.54, 1.807) is 0 Å². The minimum Gasteiger partial charge on any atom is -0.478 e. The summed E-state index contributed by atoms with van der Waals surface area (Å²) in [4.78, 5) is 10.6. The van der Waals surface area contributed by atoms with Crippen LogP contribution in [0.5, 0.6) is 0 Å². The third kappa shape index (κ3) is 3.52. The van der Waals surface area contributed by atoms with Gasteiger partial charge < -0.3 is 10.8 Å². The number of anilines is 1. The molecule has 3 nitrogen and oxygen atoms in total. The molecule has 1 aromatic carbocycles. The number of carboxylic acid groups (broad SMARTS) is 1. The first-order valence-electron chi connectivity index (χ1n) is 4.70. The van der Waals surface area contributed by atoms with Gasteiger partial charge in [0.15, 0.2) is 5.92 Å². The first-order valence-corrected chi connectivity index (χ1v) is 4.70. The molecule has 9 heteroatoms. The number of halogens is 6. The van der Waals surface area contributed by atoms with Crippen LogP contribution in [0.15, 0.2) is 18.2 Å². The van der Waals surface area contributed by atoms with E-state index in [-0.39, 0.29) is 0 Å². The molecule has 106 valence electrons. The highest BCUT2D eigenvalue weighted by molar-refractivity contribution is 5.89. The number of alkyl halides is 6. The Bertz CT molecular complexity index is 480. The summed E-state index contributed by atoms with van der Waals surface area (Å²) in [5.41, 5.74) is 2.64. The van der Waals surface area contributed by atoms with Gasteiger partial charge >= 0.3 is 18.3 Å². The molecule has 0 unspecified atom stereocenters. The predicted octanol–water partition coefficient (Wildman–Crippen LogP) is 3.18. The number of carbonyl (C=O) groups is 1. The highest BCUT2D eigenvalue weighted by Crippen LogP contribution is 2.46. The third-order valence-corrected chi connectivity index (χ3v) is 2.21. The van der Waals surface area contributed by atoms with Gasteiger partial charge in [0.05, 0.1) is 5.56 Å². The van der Waals surface area contributed by atoms with Crippen LogP contribution in [0.25, 0.3) is 0 Å². The monoisotopic (exact) mass is 287 g/mol. The van der Waals surface area contributed by atoms with E-state index in [9.17, 15) is 31.1 Å². The molecular formula is C10H7F6NO2. The Balaban J connectivity index is 3.44. The van der Waals surface area contributed by atoms with E-state index in [1.165, 1.54) is 0 Å². The summed E-state index contributed by atoms with van der Waals surface area (Å²) in [7, 11) is 0. The maximum atomic E-state index is 12.5. The van der Waals surface area contributed by atoms with Crippen molar-refractivity contribution in [2.24, 2.45) is 0 Å². The van der Waals surface area contributed by atoms with Crippen LogP contribution in [-0.2, 0) is 0 Å². The Kier molecular flexibility index (Phi) is 3.69. The fourth-order valence-corrected chi connectivity index (χ4v) is 1.53. The zero-order valence-electron chi connectivity index (χ0n) is 9.01. The van der Waals surface area contributed by atoms with E-state index < -0.39 is 41.1 Å². The van der Waals surface area contributed by atoms with E-state index in [0.717, 1.165) is 6.07 Å². The Hall–Kier alpha value is -1.93. The fourth-order valence-electron chi connectivity index (χ4n) is 1.53. The van der Waals surface area contributed by atoms with Crippen molar-refractivity contribution in [2.75, 3.05) is 5.73 Å². The Morgan fingerprint density at radius 1 is 1.05 bits per heavy atom. The molecule has 3 N–H and O–H groups in total. The second kappa shape index (κ2) is 4.63. The van der Waals surface area contributed by atoms with E-state index >= 15 is 0 Å². The highest BCUT2D eigenvalue weighted by atomic mass is 19.4. The average Bonchev–Trinajstić information content (AvgIpc) is 2.11. The van der Waals surface area contributed by atoms with Gasteiger partial charge in [0.1, 0.15) is 0 Å². The molecule has 0 spiro atoms. The summed E-state index contributed by atoms with van der Waals surface area (Å²) in [6.07, 6.45) is -11.2. The zero-order chi connectivity index (χ0) is 15.0. The van der Waals surface area contributed by atoms with Gasteiger partial charge in [-0.1, -0.05) is 0 Å². The number of nitrogen functional groups attached to an aromatic ring is 1. The van der Waals surface area contributed by atoms with Gasteiger partial charge in [-0.05, 0) is 23.8 Å². The van der Waals surface area contributed by atoms with Crippen molar-refractivity contribution >= 4 is 11.7 Å². The lowest BCUT2D eigenvalue weighted by Gasteiger charge is -2.23. The van der Waals surface area contributed by atoms with Crippen LogP contribution in [0.1, 0.15) is 21.8 Å². The van der Waals surface area contributed by atoms with Gasteiger partial charge in [-0.3, -0.25) is 0 Å². The average molecular weight is 287 g/mol. The van der Waals surface area contributed by atoms with E-state index in [1.807, 2.05) is 0 Å². The van der Waals surface area contributed by atoms with Crippen LogP contribution in [0.3, 0.4) is 0 Å². The van der Waals surface area contributed by atoms with Crippen molar-refractivity contribution in [3.8, 4) is 0 Å². The first-order chi connectivity index (χ1) is 8.43. The second-order valence-electron chi connectivity index (χ2n) is 3.71. The molecule has 0 heterocycles. The molecule has 1 rings (SSSR count). The lowest BCUT2D eigenvalue weighted by Crippen LogP contribution is -2.34. The molecular weight excluding hydrogens is 280 g/mol. The Morgan fingerprint density at radius 3 is 1.89 bits per heavy atom. The number of rotatable bonds is 2. The zero-order valence-corrected chi connectivity index (χ0v) is 9.01. The van der Waals surface area contributed by atoms with Crippen LogP contribution in [-0.4, -0.2) is 23.4 Å². The molecule has 0 fully saturated rings. The molecule has 0 bridgehead atoms. The third-order valence-electron chi connectivity index (χ3n) is 2.21. The number of benzene rings is 1. The van der Waals surface area contributed by atoms with Gasteiger partial charge in [-0.2, -0.15) is 26.3 Å². The smallest absolute Gasteiger partial charge is 0.404 e. The standard InChI is InChI=1S/C10H7F6NO2/c11-9(12,13)7(10(14,15)16)4-1-5(8(18)19)3-6(17)2-4/h1-3,7H,17H2,(H,18,19). The topological polar surface area (TPSA) is 63.3 Å². The molecule has 0 aliphatic heterocycles. The highest BCUT2D eigenvalue weighted by Gasteiger charge is 2.57. The van der Waals surface area contributed by atoms with E-state index in [4.69, 9.17) is 10.8 Å². The summed E-state index contributed by atoms with van der Waals surface area (Å²) in [5, 5.41) is 8.60. The van der Waals surface area contributed by atoms with E-state index in [0.29, 0.717) is 12.1 Å². The molecule has 0 saturated carbocycles. The summed E-state index contributed by atoms with van der Waals surface area (Å²) in [6, 6.07) is 1.54. The summed E-state index contributed by atoms with van der Waals surface area (Å²) < 4.78 is 74.7. The summed E-state index contributed by atoms with van der Waals surface area (Å²) in [6.45, 7) is 0. The maximum absolute atomic E-state index is 12.5. The molecule has 0 atom stereocenters. The van der Waals surface area contributed by atoms with Crippen molar-refractivity contribution in [1.82, 2.24) is 0 Å². The van der Waals surface area contributed by atoms with Crippen molar-refractivity contribution in [1.29, 1.82) is 0 Å². The summed E-state index contributed by atoms with van der Waals surface area (Å²) in [5.74, 6) is -5.45. The number of aromatic carboxylic acids is 1. The minimum atomic E-state index is -5.60. The number of hydrogen-bond donors (Lipinski definition) is 2. The lowest BCUT2D eigenvalue weighted by molar-refractivity contribution is -0.253. The lowest BCUT2D eigenvalue weighted by atomic mass is 9.95. The number of nitrogens with two attached hydrogens (primary N) is 1. The molecule has 19 heavy (non-hydrogen) atoms. The molecule has 0 aliphatic rings. The normalized spacial score (nSPS) is 12.8. The minimum absolute atomic E-state index is 0.310. The molecule has 0 amide bonds. The van der Waals surface area contributed by atoms with Gasteiger partial charge in [-0.25, -0.2) is 4.79 Å². The largest absolute Gasteiger partial charge is 0.478 e. The van der Waals surface area contributed by atoms with E-state index in [2.05, 4.69) is 0 Å². The maximum Gasteiger partial charge on any atom is 0.404 e. The van der Waals surface area contributed by atoms with Gasteiger partial charge in [0.2, 0.25) is 0 Å². The first kappa shape index (κ1) is 15.1. The quantitative estimate of drug-likeness (QED) is 0.648. The SMILES string of the molecule is Nc1cc(C(=O)O)cc(C(C(F)(F)F)C(F)(F)F)c1. The van der Waals surface area contributed by atoms with Crippen molar-refractivity contribution in [3.63, 3.8) is 0 Å². The van der Waals surface area contributed by atoms with Crippen molar-refractivity contribution in [3.05, 3.63) is 29.3 Å². The predicted molar refractivity (Wildman–Crippen MR) is 52.7 cm³/mol. The molecule has 1 aromatic rings. The van der Waals surface area contributed by atoms with Crippen molar-refractivity contribution in [2.45, 2.75) is 18.3 Å². The number of hydrogen-bond acceptors (Lipinski definition) is 2. The van der Waals surface area contributed by atoms with Crippen LogP contribution >= 0.6 is 0 Å².